The van der Waals surface area contributed by atoms with Crippen molar-refractivity contribution >= 4 is 5.97 Å². The highest BCUT2D eigenvalue weighted by Gasteiger charge is 2.29. The first-order valence-electron chi connectivity index (χ1n) is 6.55. The molecule has 1 aliphatic carbocycles. The summed E-state index contributed by atoms with van der Waals surface area (Å²) >= 11 is 0. The highest BCUT2D eigenvalue weighted by atomic mass is 16.5. The van der Waals surface area contributed by atoms with E-state index in [-0.39, 0.29) is 5.92 Å². The molecule has 0 aromatic heterocycles. The van der Waals surface area contributed by atoms with Gasteiger partial charge in [0.1, 0.15) is 0 Å². The highest BCUT2D eigenvalue weighted by Crippen LogP contribution is 2.33. The summed E-state index contributed by atoms with van der Waals surface area (Å²) in [6.45, 7) is 1.84. The Kier molecular flexibility index (Phi) is 7.21. The normalized spacial score (nSPS) is 18.4. The van der Waals surface area contributed by atoms with Gasteiger partial charge in [-0.2, -0.15) is 0 Å². The third-order valence-electron chi connectivity index (χ3n) is 3.52. The van der Waals surface area contributed by atoms with Crippen LogP contribution < -0.4 is 0 Å². The Morgan fingerprint density at radius 1 is 1.29 bits per heavy atom. The standard InChI is InChI=1S/C13H24O4/c1-16-9-10-17-8-4-7-12(13(14)15)11-5-2-3-6-11/h11-12H,2-10H2,1H3,(H,14,15). The molecule has 0 saturated heterocycles. The van der Waals surface area contributed by atoms with Crippen molar-refractivity contribution in [2.45, 2.75) is 38.5 Å². The maximum atomic E-state index is 11.2. The van der Waals surface area contributed by atoms with Crippen LogP contribution in [-0.2, 0) is 14.3 Å². The number of aliphatic carboxylic acids is 1. The van der Waals surface area contributed by atoms with E-state index in [2.05, 4.69) is 0 Å². The molecule has 0 aliphatic heterocycles. The Hall–Kier alpha value is -0.610. The minimum atomic E-state index is -0.631. The van der Waals surface area contributed by atoms with Gasteiger partial charge >= 0.3 is 5.97 Å². The van der Waals surface area contributed by atoms with E-state index in [9.17, 15) is 9.90 Å². The first-order chi connectivity index (χ1) is 8.25. The lowest BCUT2D eigenvalue weighted by atomic mass is 9.87. The zero-order valence-corrected chi connectivity index (χ0v) is 10.7. The second kappa shape index (κ2) is 8.48. The van der Waals surface area contributed by atoms with Crippen LogP contribution in [0.3, 0.4) is 0 Å². The fraction of sp³-hybridized carbons (Fsp3) is 0.923. The van der Waals surface area contributed by atoms with Crippen molar-refractivity contribution in [3.05, 3.63) is 0 Å². The monoisotopic (exact) mass is 244 g/mol. The number of ether oxygens (including phenoxy) is 2. The van der Waals surface area contributed by atoms with Gasteiger partial charge in [-0.25, -0.2) is 0 Å². The molecular formula is C13H24O4. The summed E-state index contributed by atoms with van der Waals surface area (Å²) in [5.74, 6) is -0.399. The lowest BCUT2D eigenvalue weighted by molar-refractivity contribution is -0.144. The van der Waals surface area contributed by atoms with Crippen molar-refractivity contribution in [1.29, 1.82) is 0 Å². The second-order valence-electron chi connectivity index (χ2n) is 4.74. The summed E-state index contributed by atoms with van der Waals surface area (Å²) in [6, 6.07) is 0. The van der Waals surface area contributed by atoms with Gasteiger partial charge in [0.05, 0.1) is 19.1 Å². The first kappa shape index (κ1) is 14.5. The van der Waals surface area contributed by atoms with E-state index in [0.29, 0.717) is 25.7 Å². The number of carboxylic acid groups (broad SMARTS) is 1. The Bertz CT molecular complexity index is 211. The van der Waals surface area contributed by atoms with Crippen LogP contribution >= 0.6 is 0 Å². The molecule has 4 nitrogen and oxygen atoms in total. The molecule has 17 heavy (non-hydrogen) atoms. The lowest BCUT2D eigenvalue weighted by Gasteiger charge is -2.18. The smallest absolute Gasteiger partial charge is 0.306 e. The summed E-state index contributed by atoms with van der Waals surface area (Å²) in [5, 5.41) is 9.21. The number of methoxy groups -OCH3 is 1. The van der Waals surface area contributed by atoms with Crippen molar-refractivity contribution in [3.63, 3.8) is 0 Å². The van der Waals surface area contributed by atoms with Crippen molar-refractivity contribution in [2.75, 3.05) is 26.9 Å². The zero-order chi connectivity index (χ0) is 12.5. The molecule has 1 fully saturated rings. The summed E-state index contributed by atoms with van der Waals surface area (Å²) in [6.07, 6.45) is 6.13. The molecule has 1 saturated carbocycles. The Labute approximate surface area is 103 Å². The average molecular weight is 244 g/mol. The number of hydrogen-bond acceptors (Lipinski definition) is 3. The fourth-order valence-electron chi connectivity index (χ4n) is 2.57. The van der Waals surface area contributed by atoms with Crippen LogP contribution in [0.4, 0.5) is 0 Å². The zero-order valence-electron chi connectivity index (χ0n) is 10.7. The second-order valence-corrected chi connectivity index (χ2v) is 4.74. The van der Waals surface area contributed by atoms with Crippen LogP contribution in [0.15, 0.2) is 0 Å². The molecule has 1 atom stereocenters. The van der Waals surface area contributed by atoms with Crippen LogP contribution in [0.5, 0.6) is 0 Å². The SMILES string of the molecule is COCCOCCCC(C(=O)O)C1CCCC1. The minimum Gasteiger partial charge on any atom is -0.481 e. The third kappa shape index (κ3) is 5.50. The van der Waals surface area contributed by atoms with Crippen LogP contribution in [0, 0.1) is 11.8 Å². The predicted octanol–water partition coefficient (Wildman–Crippen LogP) is 2.32. The summed E-state index contributed by atoms with van der Waals surface area (Å²) in [7, 11) is 1.64. The third-order valence-corrected chi connectivity index (χ3v) is 3.52. The van der Waals surface area contributed by atoms with Gasteiger partial charge in [-0.05, 0) is 31.6 Å². The molecule has 0 aromatic carbocycles. The highest BCUT2D eigenvalue weighted by molar-refractivity contribution is 5.70. The van der Waals surface area contributed by atoms with Crippen molar-refractivity contribution in [3.8, 4) is 0 Å². The maximum absolute atomic E-state index is 11.2. The molecule has 0 heterocycles. The maximum Gasteiger partial charge on any atom is 0.306 e. The van der Waals surface area contributed by atoms with Gasteiger partial charge in [0.25, 0.3) is 0 Å². The van der Waals surface area contributed by atoms with Crippen LogP contribution in [-0.4, -0.2) is 38.0 Å². The van der Waals surface area contributed by atoms with E-state index in [1.807, 2.05) is 0 Å². The molecular weight excluding hydrogens is 220 g/mol. The number of carboxylic acids is 1. The Morgan fingerprint density at radius 3 is 2.59 bits per heavy atom. The van der Waals surface area contributed by atoms with Crippen molar-refractivity contribution < 1.29 is 19.4 Å². The molecule has 1 unspecified atom stereocenters. The minimum absolute atomic E-state index is 0.163. The van der Waals surface area contributed by atoms with Gasteiger partial charge in [-0.3, -0.25) is 4.79 Å². The molecule has 1 aliphatic rings. The van der Waals surface area contributed by atoms with Gasteiger partial charge in [0.2, 0.25) is 0 Å². The van der Waals surface area contributed by atoms with Crippen LogP contribution in [0.1, 0.15) is 38.5 Å². The molecule has 0 bridgehead atoms. The average Bonchev–Trinajstić information content (AvgIpc) is 2.81. The molecule has 1 N–H and O–H groups in total. The summed E-state index contributed by atoms with van der Waals surface area (Å²) in [5.41, 5.74) is 0. The van der Waals surface area contributed by atoms with E-state index in [0.717, 1.165) is 25.7 Å². The van der Waals surface area contributed by atoms with E-state index in [1.165, 1.54) is 12.8 Å². The Morgan fingerprint density at radius 2 is 2.00 bits per heavy atom. The topological polar surface area (TPSA) is 55.8 Å². The van der Waals surface area contributed by atoms with E-state index < -0.39 is 5.97 Å². The largest absolute Gasteiger partial charge is 0.481 e. The summed E-state index contributed by atoms with van der Waals surface area (Å²) < 4.78 is 10.2. The molecule has 0 amide bonds. The van der Waals surface area contributed by atoms with Gasteiger partial charge < -0.3 is 14.6 Å². The predicted molar refractivity (Wildman–Crippen MR) is 65.0 cm³/mol. The van der Waals surface area contributed by atoms with Gasteiger partial charge in [-0.1, -0.05) is 12.8 Å². The summed E-state index contributed by atoms with van der Waals surface area (Å²) in [4.78, 5) is 11.2. The molecule has 4 heteroatoms. The number of carbonyl (C=O) groups is 1. The van der Waals surface area contributed by atoms with Gasteiger partial charge in [0, 0.05) is 13.7 Å². The van der Waals surface area contributed by atoms with Crippen molar-refractivity contribution in [2.24, 2.45) is 11.8 Å². The quantitative estimate of drug-likeness (QED) is 0.632. The number of hydrogen-bond donors (Lipinski definition) is 1. The Balaban J connectivity index is 2.14. The van der Waals surface area contributed by atoms with E-state index >= 15 is 0 Å². The molecule has 0 radical (unpaired) electrons. The molecule has 1 rings (SSSR count). The molecule has 0 spiro atoms. The van der Waals surface area contributed by atoms with Gasteiger partial charge in [-0.15, -0.1) is 0 Å². The fourth-order valence-corrected chi connectivity index (χ4v) is 2.57. The van der Waals surface area contributed by atoms with E-state index in [4.69, 9.17) is 9.47 Å². The first-order valence-corrected chi connectivity index (χ1v) is 6.55. The molecule has 0 aromatic rings. The van der Waals surface area contributed by atoms with Crippen molar-refractivity contribution in [1.82, 2.24) is 0 Å². The van der Waals surface area contributed by atoms with Crippen LogP contribution in [0.25, 0.3) is 0 Å². The van der Waals surface area contributed by atoms with Crippen LogP contribution in [0.2, 0.25) is 0 Å². The number of rotatable bonds is 9. The van der Waals surface area contributed by atoms with Gasteiger partial charge in [0.15, 0.2) is 0 Å². The van der Waals surface area contributed by atoms with E-state index in [1.54, 1.807) is 7.11 Å². The lowest BCUT2D eigenvalue weighted by Crippen LogP contribution is -2.22. The molecule has 100 valence electrons.